The first-order valence-corrected chi connectivity index (χ1v) is 12.4. The molecule has 0 unspecified atom stereocenters. The number of rotatable bonds is 7. The predicted octanol–water partition coefficient (Wildman–Crippen LogP) is 4.95. The molecule has 2 aliphatic rings. The van der Waals surface area contributed by atoms with E-state index in [-0.39, 0.29) is 11.2 Å². The second-order valence-electron chi connectivity index (χ2n) is 9.53. The third kappa shape index (κ3) is 4.02. The molecule has 1 N–H and O–H groups in total. The molecule has 4 rings (SSSR count). The summed E-state index contributed by atoms with van der Waals surface area (Å²) in [5, 5.41) is 0. The third-order valence-corrected chi connectivity index (χ3v) is 7.41. The van der Waals surface area contributed by atoms with Crippen molar-refractivity contribution in [1.82, 2.24) is 19.1 Å². The zero-order chi connectivity index (χ0) is 21.1. The van der Waals surface area contributed by atoms with E-state index in [2.05, 4.69) is 11.9 Å². The van der Waals surface area contributed by atoms with E-state index < -0.39 is 0 Å². The van der Waals surface area contributed by atoms with Gasteiger partial charge in [0.05, 0.1) is 0 Å². The predicted molar refractivity (Wildman–Crippen MR) is 121 cm³/mol. The minimum absolute atomic E-state index is 0.200. The fourth-order valence-electron chi connectivity index (χ4n) is 6.01. The van der Waals surface area contributed by atoms with Crippen LogP contribution >= 0.6 is 0 Å². The van der Waals surface area contributed by atoms with E-state index in [0.29, 0.717) is 42.0 Å². The number of fused-ring (bicyclic) bond motifs is 1. The Balaban J connectivity index is 1.84. The van der Waals surface area contributed by atoms with Crippen molar-refractivity contribution < 1.29 is 0 Å². The van der Waals surface area contributed by atoms with Crippen LogP contribution in [0, 0.1) is 11.8 Å². The van der Waals surface area contributed by atoms with Gasteiger partial charge in [-0.05, 0) is 50.4 Å². The summed E-state index contributed by atoms with van der Waals surface area (Å²) >= 11 is 0. The molecule has 0 radical (unpaired) electrons. The van der Waals surface area contributed by atoms with Gasteiger partial charge in [0.25, 0.3) is 5.56 Å². The molecule has 6 nitrogen and oxygen atoms in total. The van der Waals surface area contributed by atoms with Crippen LogP contribution in [0.15, 0.2) is 9.59 Å². The second-order valence-corrected chi connectivity index (χ2v) is 9.53. The summed E-state index contributed by atoms with van der Waals surface area (Å²) in [6.45, 7) is 5.12. The normalized spacial score (nSPS) is 19.2. The molecular weight excluding hydrogens is 376 g/mol. The highest BCUT2D eigenvalue weighted by molar-refractivity contribution is 5.70. The largest absolute Gasteiger partial charge is 0.336 e. The number of nitrogens with zero attached hydrogens (tertiary/aromatic N) is 3. The highest BCUT2D eigenvalue weighted by atomic mass is 16.2. The number of aromatic amines is 1. The molecular formula is C24H38N4O2. The first kappa shape index (κ1) is 21.4. The van der Waals surface area contributed by atoms with Gasteiger partial charge in [0.15, 0.2) is 5.65 Å². The molecule has 2 aromatic heterocycles. The van der Waals surface area contributed by atoms with Gasteiger partial charge in [0, 0.05) is 19.0 Å². The van der Waals surface area contributed by atoms with Crippen LogP contribution in [0.2, 0.25) is 0 Å². The molecule has 2 heterocycles. The molecule has 2 saturated carbocycles. The number of aryl methyl sites for hydroxylation is 1. The minimum Gasteiger partial charge on any atom is -0.336 e. The Morgan fingerprint density at radius 1 is 0.867 bits per heavy atom. The van der Waals surface area contributed by atoms with Crippen LogP contribution in [0.1, 0.15) is 103 Å². The Kier molecular flexibility index (Phi) is 6.79. The van der Waals surface area contributed by atoms with Gasteiger partial charge in [-0.1, -0.05) is 52.4 Å². The summed E-state index contributed by atoms with van der Waals surface area (Å²) in [5.74, 6) is 2.65. The molecule has 0 aromatic carbocycles. The van der Waals surface area contributed by atoms with E-state index in [9.17, 15) is 9.59 Å². The Morgan fingerprint density at radius 2 is 1.40 bits per heavy atom. The molecule has 0 spiro atoms. The maximum absolute atomic E-state index is 13.2. The second kappa shape index (κ2) is 9.52. The fourth-order valence-corrected chi connectivity index (χ4v) is 6.01. The van der Waals surface area contributed by atoms with E-state index in [1.165, 1.54) is 68.8 Å². The molecule has 6 heteroatoms. The first-order valence-electron chi connectivity index (χ1n) is 12.4. The molecule has 0 saturated heterocycles. The quantitative estimate of drug-likeness (QED) is 0.697. The number of hydrogen-bond donors (Lipinski definition) is 1. The van der Waals surface area contributed by atoms with Crippen molar-refractivity contribution in [1.29, 1.82) is 0 Å². The monoisotopic (exact) mass is 414 g/mol. The molecule has 0 aliphatic heterocycles. The highest BCUT2D eigenvalue weighted by Gasteiger charge is 2.35. The number of imidazole rings is 1. The summed E-state index contributed by atoms with van der Waals surface area (Å²) in [4.78, 5) is 34.7. The molecule has 2 aliphatic carbocycles. The van der Waals surface area contributed by atoms with Crippen LogP contribution in [0.5, 0.6) is 0 Å². The van der Waals surface area contributed by atoms with Crippen molar-refractivity contribution in [3.8, 4) is 0 Å². The first-order chi connectivity index (χ1) is 14.7. The van der Waals surface area contributed by atoms with Gasteiger partial charge in [0.2, 0.25) is 0 Å². The molecule has 0 amide bonds. The summed E-state index contributed by atoms with van der Waals surface area (Å²) in [5.41, 5.74) is 0.698. The molecule has 2 fully saturated rings. The summed E-state index contributed by atoms with van der Waals surface area (Å²) < 4.78 is 3.13. The third-order valence-electron chi connectivity index (χ3n) is 7.41. The lowest BCUT2D eigenvalue weighted by molar-refractivity contribution is 0.196. The lowest BCUT2D eigenvalue weighted by Crippen LogP contribution is -2.40. The van der Waals surface area contributed by atoms with Gasteiger partial charge in [-0.25, -0.2) is 9.78 Å². The molecule has 2 aromatic rings. The van der Waals surface area contributed by atoms with E-state index >= 15 is 0 Å². The van der Waals surface area contributed by atoms with E-state index in [0.717, 1.165) is 18.7 Å². The maximum atomic E-state index is 13.2. The van der Waals surface area contributed by atoms with Crippen molar-refractivity contribution in [2.24, 2.45) is 11.8 Å². The Bertz CT molecular complexity index is 940. The SMILES string of the molecule is CCCn1c(=O)c2[nH]c(C(C3CCCCC3)C3CCCCC3)nc2n(CCC)c1=O. The van der Waals surface area contributed by atoms with Gasteiger partial charge in [-0.3, -0.25) is 13.9 Å². The summed E-state index contributed by atoms with van der Waals surface area (Å²) in [6, 6.07) is 0. The molecule has 30 heavy (non-hydrogen) atoms. The smallest absolute Gasteiger partial charge is 0.332 e. The lowest BCUT2D eigenvalue weighted by atomic mass is 9.69. The van der Waals surface area contributed by atoms with Crippen molar-refractivity contribution in [2.75, 3.05) is 0 Å². The van der Waals surface area contributed by atoms with Crippen molar-refractivity contribution in [2.45, 2.75) is 110 Å². The average molecular weight is 415 g/mol. The number of hydrogen-bond acceptors (Lipinski definition) is 3. The van der Waals surface area contributed by atoms with Crippen molar-refractivity contribution in [3.05, 3.63) is 26.7 Å². The van der Waals surface area contributed by atoms with Crippen LogP contribution in [0.3, 0.4) is 0 Å². The Hall–Kier alpha value is -1.85. The molecule has 0 bridgehead atoms. The van der Waals surface area contributed by atoms with Gasteiger partial charge < -0.3 is 4.98 Å². The topological polar surface area (TPSA) is 72.7 Å². The van der Waals surface area contributed by atoms with Crippen molar-refractivity contribution in [3.63, 3.8) is 0 Å². The van der Waals surface area contributed by atoms with Gasteiger partial charge >= 0.3 is 5.69 Å². The standard InChI is InChI=1S/C24H38N4O2/c1-3-15-27-22-20(23(29)28(16-4-2)24(27)30)25-21(26-22)19(17-11-7-5-8-12-17)18-13-9-6-10-14-18/h17-19H,3-16H2,1-2H3,(H,25,26). The van der Waals surface area contributed by atoms with Crippen molar-refractivity contribution >= 4 is 11.2 Å². The van der Waals surface area contributed by atoms with E-state index in [1.54, 1.807) is 4.57 Å². The average Bonchev–Trinajstić information content (AvgIpc) is 3.21. The number of aromatic nitrogens is 4. The number of nitrogens with one attached hydrogen (secondary N) is 1. The molecule has 0 atom stereocenters. The Labute approximate surface area is 179 Å². The Morgan fingerprint density at radius 3 is 1.93 bits per heavy atom. The van der Waals surface area contributed by atoms with Crippen LogP contribution in [0.4, 0.5) is 0 Å². The van der Waals surface area contributed by atoms with Gasteiger partial charge in [-0.2, -0.15) is 0 Å². The van der Waals surface area contributed by atoms with E-state index in [1.807, 2.05) is 6.92 Å². The van der Waals surface area contributed by atoms with Crippen LogP contribution in [-0.2, 0) is 13.1 Å². The highest BCUT2D eigenvalue weighted by Crippen LogP contribution is 2.45. The maximum Gasteiger partial charge on any atom is 0.332 e. The van der Waals surface area contributed by atoms with Crippen LogP contribution in [0.25, 0.3) is 11.2 Å². The van der Waals surface area contributed by atoms with Crippen LogP contribution < -0.4 is 11.2 Å². The van der Waals surface area contributed by atoms with Gasteiger partial charge in [0.1, 0.15) is 11.3 Å². The zero-order valence-corrected chi connectivity index (χ0v) is 18.8. The summed E-state index contributed by atoms with van der Waals surface area (Å²) in [6.07, 6.45) is 14.6. The molecule has 166 valence electrons. The van der Waals surface area contributed by atoms with Crippen LogP contribution in [-0.4, -0.2) is 19.1 Å². The van der Waals surface area contributed by atoms with Gasteiger partial charge in [-0.15, -0.1) is 0 Å². The lowest BCUT2D eigenvalue weighted by Gasteiger charge is -2.36. The number of H-pyrrole nitrogens is 1. The van der Waals surface area contributed by atoms with E-state index in [4.69, 9.17) is 4.98 Å². The zero-order valence-electron chi connectivity index (χ0n) is 18.8. The minimum atomic E-state index is -0.207. The summed E-state index contributed by atoms with van der Waals surface area (Å²) in [7, 11) is 0. The fraction of sp³-hybridized carbons (Fsp3) is 0.792.